The maximum atomic E-state index is 12.7. The number of hydrogen-bond donors (Lipinski definition) is 0. The number of fused-ring (bicyclic) bond motifs is 1. The molecule has 0 N–H and O–H groups in total. The van der Waals surface area contributed by atoms with E-state index in [1.54, 1.807) is 0 Å². The van der Waals surface area contributed by atoms with E-state index in [0.29, 0.717) is 24.0 Å². The standard InChI is InChI=1S/C15H25NO2/c1-15(2)10-16(13-7-3-6-12(13)15)14(17)11-5-4-8-18-9-11/h11-13H,3-10H2,1-2H3/t11-,12+,13-/m1/s1. The molecule has 2 aliphatic heterocycles. The van der Waals surface area contributed by atoms with Gasteiger partial charge in [-0.15, -0.1) is 0 Å². The first-order valence-corrected chi connectivity index (χ1v) is 7.48. The molecule has 1 aliphatic carbocycles. The van der Waals surface area contributed by atoms with Gasteiger partial charge in [0.05, 0.1) is 12.5 Å². The third kappa shape index (κ3) is 1.97. The molecule has 0 aromatic carbocycles. The summed E-state index contributed by atoms with van der Waals surface area (Å²) in [5.41, 5.74) is 0.312. The summed E-state index contributed by atoms with van der Waals surface area (Å²) in [5, 5.41) is 0. The first kappa shape index (κ1) is 12.5. The Hall–Kier alpha value is -0.570. The molecule has 0 bridgehead atoms. The molecule has 0 aromatic rings. The number of ether oxygens (including phenoxy) is 1. The quantitative estimate of drug-likeness (QED) is 0.716. The van der Waals surface area contributed by atoms with Crippen molar-refractivity contribution in [3.05, 3.63) is 0 Å². The van der Waals surface area contributed by atoms with E-state index in [2.05, 4.69) is 18.7 Å². The average molecular weight is 251 g/mol. The second kappa shape index (κ2) is 4.52. The van der Waals surface area contributed by atoms with Crippen LogP contribution in [0.25, 0.3) is 0 Å². The fraction of sp³-hybridized carbons (Fsp3) is 0.933. The first-order valence-electron chi connectivity index (χ1n) is 7.48. The summed E-state index contributed by atoms with van der Waals surface area (Å²) in [6.45, 7) is 7.10. The molecule has 1 amide bonds. The van der Waals surface area contributed by atoms with Crippen LogP contribution in [-0.4, -0.2) is 36.6 Å². The van der Waals surface area contributed by atoms with Crippen LogP contribution in [0.5, 0.6) is 0 Å². The summed E-state index contributed by atoms with van der Waals surface area (Å²) < 4.78 is 5.48. The molecule has 0 unspecified atom stereocenters. The van der Waals surface area contributed by atoms with Crippen LogP contribution in [0.1, 0.15) is 46.0 Å². The molecule has 3 nitrogen and oxygen atoms in total. The minimum atomic E-state index is 0.133. The zero-order chi connectivity index (χ0) is 12.8. The van der Waals surface area contributed by atoms with Crippen molar-refractivity contribution in [2.24, 2.45) is 17.3 Å². The number of hydrogen-bond acceptors (Lipinski definition) is 2. The van der Waals surface area contributed by atoms with Crippen LogP contribution >= 0.6 is 0 Å². The fourth-order valence-corrected chi connectivity index (χ4v) is 4.31. The minimum Gasteiger partial charge on any atom is -0.381 e. The maximum absolute atomic E-state index is 12.7. The Bertz CT molecular complexity index is 333. The van der Waals surface area contributed by atoms with Crippen LogP contribution in [-0.2, 0) is 9.53 Å². The third-order valence-electron chi connectivity index (χ3n) is 5.25. The lowest BCUT2D eigenvalue weighted by molar-refractivity contribution is -0.141. The molecule has 3 aliphatic rings. The predicted octanol–water partition coefficient (Wildman–Crippen LogP) is 2.45. The summed E-state index contributed by atoms with van der Waals surface area (Å²) in [5.74, 6) is 1.23. The Morgan fingerprint density at radius 2 is 2.06 bits per heavy atom. The predicted molar refractivity (Wildman–Crippen MR) is 70.2 cm³/mol. The molecule has 3 heteroatoms. The van der Waals surface area contributed by atoms with Gasteiger partial charge in [0.1, 0.15) is 0 Å². The molecular formula is C15H25NO2. The van der Waals surface area contributed by atoms with E-state index in [-0.39, 0.29) is 5.92 Å². The molecule has 0 aromatic heterocycles. The molecule has 2 heterocycles. The zero-order valence-electron chi connectivity index (χ0n) is 11.7. The highest BCUT2D eigenvalue weighted by Crippen LogP contribution is 2.49. The van der Waals surface area contributed by atoms with Gasteiger partial charge in [0.15, 0.2) is 0 Å². The fourth-order valence-electron chi connectivity index (χ4n) is 4.31. The molecule has 0 spiro atoms. The minimum absolute atomic E-state index is 0.133. The molecule has 3 rings (SSSR count). The van der Waals surface area contributed by atoms with Crippen molar-refractivity contribution >= 4 is 5.91 Å². The molecule has 0 radical (unpaired) electrons. The summed E-state index contributed by atoms with van der Waals surface area (Å²) in [6.07, 6.45) is 5.88. The van der Waals surface area contributed by atoms with Gasteiger partial charge in [-0.3, -0.25) is 4.79 Å². The zero-order valence-corrected chi connectivity index (χ0v) is 11.7. The monoisotopic (exact) mass is 251 g/mol. The summed E-state index contributed by atoms with van der Waals surface area (Å²) in [7, 11) is 0. The van der Waals surface area contributed by atoms with E-state index in [9.17, 15) is 4.79 Å². The number of carbonyl (C=O) groups is 1. The SMILES string of the molecule is CC1(C)CN(C(=O)[C@@H]2CCCOC2)[C@@H]2CCC[C@@H]21. The number of carbonyl (C=O) groups excluding carboxylic acids is 1. The summed E-state index contributed by atoms with van der Waals surface area (Å²) >= 11 is 0. The van der Waals surface area contributed by atoms with Gasteiger partial charge in [0.2, 0.25) is 5.91 Å². The van der Waals surface area contributed by atoms with Gasteiger partial charge in [-0.1, -0.05) is 20.3 Å². The van der Waals surface area contributed by atoms with Crippen molar-refractivity contribution < 1.29 is 9.53 Å². The van der Waals surface area contributed by atoms with Crippen LogP contribution in [0.3, 0.4) is 0 Å². The van der Waals surface area contributed by atoms with Gasteiger partial charge in [0, 0.05) is 19.2 Å². The molecule has 3 atom stereocenters. The lowest BCUT2D eigenvalue weighted by Crippen LogP contribution is -2.42. The Kier molecular flexibility index (Phi) is 3.13. The van der Waals surface area contributed by atoms with E-state index in [0.717, 1.165) is 31.9 Å². The van der Waals surface area contributed by atoms with Crippen molar-refractivity contribution in [1.29, 1.82) is 0 Å². The molecule has 3 fully saturated rings. The second-order valence-corrected chi connectivity index (χ2v) is 6.97. The Morgan fingerprint density at radius 3 is 2.78 bits per heavy atom. The van der Waals surface area contributed by atoms with Crippen molar-refractivity contribution in [3.63, 3.8) is 0 Å². The average Bonchev–Trinajstić information content (AvgIpc) is 2.93. The van der Waals surface area contributed by atoms with E-state index in [1.165, 1.54) is 19.3 Å². The smallest absolute Gasteiger partial charge is 0.228 e. The van der Waals surface area contributed by atoms with E-state index < -0.39 is 0 Å². The summed E-state index contributed by atoms with van der Waals surface area (Å²) in [6, 6.07) is 0.523. The highest BCUT2D eigenvalue weighted by molar-refractivity contribution is 5.80. The number of nitrogens with zero attached hydrogens (tertiary/aromatic N) is 1. The summed E-state index contributed by atoms with van der Waals surface area (Å²) in [4.78, 5) is 14.9. The van der Waals surface area contributed by atoms with Gasteiger partial charge < -0.3 is 9.64 Å². The second-order valence-electron chi connectivity index (χ2n) is 6.97. The van der Waals surface area contributed by atoms with E-state index in [4.69, 9.17) is 4.74 Å². The molecule has 102 valence electrons. The number of rotatable bonds is 1. The van der Waals surface area contributed by atoms with Crippen molar-refractivity contribution in [3.8, 4) is 0 Å². The number of amides is 1. The first-order chi connectivity index (χ1) is 8.59. The lowest BCUT2D eigenvalue weighted by Gasteiger charge is -2.30. The molecular weight excluding hydrogens is 226 g/mol. The van der Waals surface area contributed by atoms with Crippen LogP contribution in [0.15, 0.2) is 0 Å². The molecule has 1 saturated carbocycles. The van der Waals surface area contributed by atoms with Crippen LogP contribution < -0.4 is 0 Å². The van der Waals surface area contributed by atoms with Gasteiger partial charge >= 0.3 is 0 Å². The molecule has 18 heavy (non-hydrogen) atoms. The Morgan fingerprint density at radius 1 is 1.22 bits per heavy atom. The third-order valence-corrected chi connectivity index (χ3v) is 5.25. The highest BCUT2D eigenvalue weighted by atomic mass is 16.5. The van der Waals surface area contributed by atoms with Gasteiger partial charge in [-0.05, 0) is 37.0 Å². The topological polar surface area (TPSA) is 29.5 Å². The van der Waals surface area contributed by atoms with E-state index >= 15 is 0 Å². The highest BCUT2D eigenvalue weighted by Gasteiger charge is 2.51. The Balaban J connectivity index is 1.74. The normalized spacial score (nSPS) is 38.8. The maximum Gasteiger partial charge on any atom is 0.228 e. The number of likely N-dealkylation sites (tertiary alicyclic amines) is 1. The Labute approximate surface area is 110 Å². The van der Waals surface area contributed by atoms with Crippen LogP contribution in [0.4, 0.5) is 0 Å². The largest absolute Gasteiger partial charge is 0.381 e. The van der Waals surface area contributed by atoms with E-state index in [1.807, 2.05) is 0 Å². The van der Waals surface area contributed by atoms with Crippen LogP contribution in [0.2, 0.25) is 0 Å². The molecule has 2 saturated heterocycles. The van der Waals surface area contributed by atoms with Crippen LogP contribution in [0, 0.1) is 17.3 Å². The van der Waals surface area contributed by atoms with Gasteiger partial charge in [-0.25, -0.2) is 0 Å². The lowest BCUT2D eigenvalue weighted by atomic mass is 9.80. The van der Waals surface area contributed by atoms with Crippen molar-refractivity contribution in [2.75, 3.05) is 19.8 Å². The van der Waals surface area contributed by atoms with Crippen molar-refractivity contribution in [1.82, 2.24) is 4.90 Å². The van der Waals surface area contributed by atoms with Gasteiger partial charge in [-0.2, -0.15) is 0 Å². The van der Waals surface area contributed by atoms with Crippen molar-refractivity contribution in [2.45, 2.75) is 52.0 Å². The van der Waals surface area contributed by atoms with Gasteiger partial charge in [0.25, 0.3) is 0 Å².